The third-order valence-corrected chi connectivity index (χ3v) is 2.86. The van der Waals surface area contributed by atoms with Crippen molar-refractivity contribution >= 4 is 5.82 Å². The minimum Gasteiger partial charge on any atom is -0.494 e. The van der Waals surface area contributed by atoms with Crippen molar-refractivity contribution in [3.05, 3.63) is 42.6 Å². The maximum absolute atomic E-state index is 5.65. The summed E-state index contributed by atoms with van der Waals surface area (Å²) in [6, 6.07) is 11.0. The predicted molar refractivity (Wildman–Crippen MR) is 78.5 cm³/mol. The van der Waals surface area contributed by atoms with Gasteiger partial charge in [0.2, 0.25) is 5.82 Å². The first-order chi connectivity index (χ1) is 10.3. The molecule has 0 radical (unpaired) electrons. The van der Waals surface area contributed by atoms with E-state index < -0.39 is 0 Å². The molecule has 0 amide bonds. The minimum atomic E-state index is 0.414. The van der Waals surface area contributed by atoms with Crippen LogP contribution >= 0.6 is 0 Å². The van der Waals surface area contributed by atoms with Crippen LogP contribution in [0.1, 0.15) is 6.92 Å². The number of rotatable bonds is 4. The highest BCUT2D eigenvalue weighted by Crippen LogP contribution is 2.25. The number of hydrogen-bond donors (Lipinski definition) is 1. The molecule has 0 atom stereocenters. The third kappa shape index (κ3) is 2.84. The van der Waals surface area contributed by atoms with Crippen molar-refractivity contribution in [2.75, 3.05) is 12.3 Å². The molecule has 0 unspecified atom stereocenters. The van der Waals surface area contributed by atoms with Gasteiger partial charge in [-0.05, 0) is 37.3 Å². The Morgan fingerprint density at radius 1 is 1.19 bits per heavy atom. The fourth-order valence-corrected chi connectivity index (χ4v) is 1.93. The van der Waals surface area contributed by atoms with Crippen molar-refractivity contribution < 1.29 is 9.26 Å². The topological polar surface area (TPSA) is 87.1 Å². The standard InChI is InChI=1S/C15H14N4O2/c1-2-20-12-5-3-4-11(8-12)15-18-14(19-21-15)10-6-7-17-13(16)9-10/h3-9H,2H2,1H3,(H2,16,17). The molecule has 3 aromatic rings. The van der Waals surface area contributed by atoms with E-state index in [0.29, 0.717) is 24.1 Å². The second-order valence-corrected chi connectivity index (χ2v) is 4.35. The van der Waals surface area contributed by atoms with Gasteiger partial charge in [0, 0.05) is 17.3 Å². The van der Waals surface area contributed by atoms with Gasteiger partial charge < -0.3 is 15.0 Å². The summed E-state index contributed by atoms with van der Waals surface area (Å²) < 4.78 is 10.8. The van der Waals surface area contributed by atoms with Gasteiger partial charge >= 0.3 is 0 Å². The smallest absolute Gasteiger partial charge is 0.258 e. The normalized spacial score (nSPS) is 10.5. The molecule has 2 heterocycles. The number of nitrogens with zero attached hydrogens (tertiary/aromatic N) is 3. The molecule has 6 heteroatoms. The molecule has 106 valence electrons. The van der Waals surface area contributed by atoms with Gasteiger partial charge in [0.15, 0.2) is 0 Å². The van der Waals surface area contributed by atoms with Crippen molar-refractivity contribution in [1.29, 1.82) is 0 Å². The first-order valence-corrected chi connectivity index (χ1v) is 6.55. The van der Waals surface area contributed by atoms with Crippen molar-refractivity contribution in [3.8, 4) is 28.6 Å². The highest BCUT2D eigenvalue weighted by Gasteiger charge is 2.11. The molecule has 2 N–H and O–H groups in total. The minimum absolute atomic E-state index is 0.414. The summed E-state index contributed by atoms with van der Waals surface area (Å²) in [6.45, 7) is 2.54. The molecule has 0 bridgehead atoms. The molecular formula is C15H14N4O2. The zero-order valence-electron chi connectivity index (χ0n) is 11.5. The first kappa shape index (κ1) is 13.1. The molecule has 6 nitrogen and oxygen atoms in total. The van der Waals surface area contributed by atoms with Crippen LogP contribution in [0, 0.1) is 0 Å². The average molecular weight is 282 g/mol. The zero-order chi connectivity index (χ0) is 14.7. The van der Waals surface area contributed by atoms with Crippen LogP contribution in [0.25, 0.3) is 22.8 Å². The van der Waals surface area contributed by atoms with Crippen LogP contribution in [0.15, 0.2) is 47.1 Å². The molecule has 21 heavy (non-hydrogen) atoms. The maximum atomic E-state index is 5.65. The number of nitrogen functional groups attached to an aromatic ring is 1. The fourth-order valence-electron chi connectivity index (χ4n) is 1.93. The number of hydrogen-bond acceptors (Lipinski definition) is 6. The number of anilines is 1. The SMILES string of the molecule is CCOc1cccc(-c2nc(-c3ccnc(N)c3)no2)c1. The molecule has 0 aliphatic rings. The monoisotopic (exact) mass is 282 g/mol. The van der Waals surface area contributed by atoms with E-state index in [2.05, 4.69) is 15.1 Å². The Morgan fingerprint density at radius 3 is 2.90 bits per heavy atom. The molecule has 0 aliphatic heterocycles. The summed E-state index contributed by atoms with van der Waals surface area (Å²) in [6.07, 6.45) is 1.61. The number of pyridine rings is 1. The van der Waals surface area contributed by atoms with E-state index in [-0.39, 0.29) is 0 Å². The van der Waals surface area contributed by atoms with E-state index in [0.717, 1.165) is 16.9 Å². The molecule has 0 fully saturated rings. The molecule has 2 aromatic heterocycles. The molecule has 3 rings (SSSR count). The van der Waals surface area contributed by atoms with Gasteiger partial charge in [-0.3, -0.25) is 0 Å². The summed E-state index contributed by atoms with van der Waals surface area (Å²) >= 11 is 0. The number of ether oxygens (including phenoxy) is 1. The Labute approximate surface area is 121 Å². The highest BCUT2D eigenvalue weighted by atomic mass is 16.5. The lowest BCUT2D eigenvalue weighted by molar-refractivity contribution is 0.340. The summed E-state index contributed by atoms with van der Waals surface area (Å²) in [5.74, 6) is 2.09. The lowest BCUT2D eigenvalue weighted by Crippen LogP contribution is -1.91. The molecule has 0 saturated heterocycles. The van der Waals surface area contributed by atoms with E-state index in [1.54, 1.807) is 18.3 Å². The molecule has 0 saturated carbocycles. The molecule has 1 aromatic carbocycles. The zero-order valence-corrected chi connectivity index (χ0v) is 11.5. The quantitative estimate of drug-likeness (QED) is 0.791. The van der Waals surface area contributed by atoms with Crippen LogP contribution in [0.4, 0.5) is 5.82 Å². The lowest BCUT2D eigenvalue weighted by Gasteiger charge is -2.02. The van der Waals surface area contributed by atoms with Crippen molar-refractivity contribution in [2.24, 2.45) is 0 Å². The Hall–Kier alpha value is -2.89. The Morgan fingerprint density at radius 2 is 2.10 bits per heavy atom. The van der Waals surface area contributed by atoms with Gasteiger partial charge in [-0.2, -0.15) is 4.98 Å². The van der Waals surface area contributed by atoms with Crippen molar-refractivity contribution in [3.63, 3.8) is 0 Å². The van der Waals surface area contributed by atoms with Gasteiger partial charge in [0.25, 0.3) is 5.89 Å². The van der Waals surface area contributed by atoms with Gasteiger partial charge in [0.1, 0.15) is 11.6 Å². The Kier molecular flexibility index (Phi) is 3.51. The summed E-state index contributed by atoms with van der Waals surface area (Å²) in [5.41, 5.74) is 7.22. The largest absolute Gasteiger partial charge is 0.494 e. The Balaban J connectivity index is 1.93. The van der Waals surface area contributed by atoms with Crippen LogP contribution in [0.3, 0.4) is 0 Å². The number of benzene rings is 1. The maximum Gasteiger partial charge on any atom is 0.258 e. The number of aromatic nitrogens is 3. The van der Waals surface area contributed by atoms with Gasteiger partial charge in [-0.15, -0.1) is 0 Å². The van der Waals surface area contributed by atoms with Crippen molar-refractivity contribution in [2.45, 2.75) is 6.92 Å². The van der Waals surface area contributed by atoms with Gasteiger partial charge in [-0.1, -0.05) is 11.2 Å². The number of nitrogens with two attached hydrogens (primary N) is 1. The van der Waals surface area contributed by atoms with E-state index in [9.17, 15) is 0 Å². The van der Waals surface area contributed by atoms with E-state index in [1.807, 2.05) is 31.2 Å². The Bertz CT molecular complexity index is 755. The van der Waals surface area contributed by atoms with Crippen LogP contribution in [-0.4, -0.2) is 21.7 Å². The van der Waals surface area contributed by atoms with Crippen LogP contribution < -0.4 is 10.5 Å². The predicted octanol–water partition coefficient (Wildman–Crippen LogP) is 2.78. The van der Waals surface area contributed by atoms with Gasteiger partial charge in [0.05, 0.1) is 6.61 Å². The van der Waals surface area contributed by atoms with Crippen LogP contribution in [-0.2, 0) is 0 Å². The summed E-state index contributed by atoms with van der Waals surface area (Å²) in [7, 11) is 0. The van der Waals surface area contributed by atoms with E-state index in [1.165, 1.54) is 0 Å². The molecular weight excluding hydrogens is 268 g/mol. The van der Waals surface area contributed by atoms with E-state index >= 15 is 0 Å². The second-order valence-electron chi connectivity index (χ2n) is 4.35. The van der Waals surface area contributed by atoms with Crippen LogP contribution in [0.5, 0.6) is 5.75 Å². The average Bonchev–Trinajstić information content (AvgIpc) is 2.98. The van der Waals surface area contributed by atoms with Crippen molar-refractivity contribution in [1.82, 2.24) is 15.1 Å². The molecule has 0 aliphatic carbocycles. The fraction of sp³-hybridized carbons (Fsp3) is 0.133. The second kappa shape index (κ2) is 5.62. The van der Waals surface area contributed by atoms with Crippen LogP contribution in [0.2, 0.25) is 0 Å². The van der Waals surface area contributed by atoms with E-state index in [4.69, 9.17) is 15.0 Å². The lowest BCUT2D eigenvalue weighted by atomic mass is 10.2. The molecule has 0 spiro atoms. The third-order valence-electron chi connectivity index (χ3n) is 2.86. The summed E-state index contributed by atoms with van der Waals surface area (Å²) in [4.78, 5) is 8.31. The summed E-state index contributed by atoms with van der Waals surface area (Å²) in [5, 5.41) is 3.97. The highest BCUT2D eigenvalue weighted by molar-refractivity contribution is 5.62. The van der Waals surface area contributed by atoms with Gasteiger partial charge in [-0.25, -0.2) is 4.98 Å². The first-order valence-electron chi connectivity index (χ1n) is 6.55.